The fourth-order valence-corrected chi connectivity index (χ4v) is 4.34. The van der Waals surface area contributed by atoms with Crippen LogP contribution < -0.4 is 10.0 Å². The van der Waals surface area contributed by atoms with Crippen molar-refractivity contribution < 1.29 is 20.8 Å². The molecule has 0 spiro atoms. The third-order valence-corrected chi connectivity index (χ3v) is 5.99. The van der Waals surface area contributed by atoms with Crippen molar-refractivity contribution in [1.29, 1.82) is 0 Å². The summed E-state index contributed by atoms with van der Waals surface area (Å²) in [4.78, 5) is 23.1. The summed E-state index contributed by atoms with van der Waals surface area (Å²) in [7, 11) is 6.89. The van der Waals surface area contributed by atoms with E-state index in [1.807, 2.05) is 34.6 Å². The minimum Gasteiger partial charge on any atom is -0.459 e. The number of nitrogens with one attached hydrogen (secondary N) is 1. The molecule has 3 radical (unpaired) electrons. The van der Waals surface area contributed by atoms with E-state index in [2.05, 4.69) is 22.0 Å². The molecule has 3 rings (SSSR count). The molecule has 3 unspecified atom stereocenters. The number of piperidine rings is 1. The number of likely N-dealkylation sites (tertiary alicyclic amines) is 1. The second-order valence-electron chi connectivity index (χ2n) is 10.2. The quantitative estimate of drug-likeness (QED) is 0.523. The first kappa shape index (κ1) is 25.6. The first-order chi connectivity index (χ1) is 16.9. The number of carbonyl (C=O) groups excluding carboxylic acids is 1. The molecule has 12 heteroatoms. The monoisotopic (exact) mass is 484 g/mol. The zero-order valence-corrected chi connectivity index (χ0v) is 21.6. The van der Waals surface area contributed by atoms with E-state index < -0.39 is 11.7 Å². The van der Waals surface area contributed by atoms with E-state index in [1.54, 1.807) is 11.1 Å². The van der Waals surface area contributed by atoms with E-state index in [0.717, 1.165) is 18.2 Å². The summed E-state index contributed by atoms with van der Waals surface area (Å²) in [5.74, 6) is 0.113. The van der Waals surface area contributed by atoms with Crippen LogP contribution >= 0.6 is 0 Å². The van der Waals surface area contributed by atoms with Gasteiger partial charge in [0.05, 0.1) is 25.2 Å². The maximum atomic E-state index is 12.6. The minimum atomic E-state index is -0.882. The molecular formula is C23H37B2N6O4. The minimum absolute atomic E-state index is 0.102. The van der Waals surface area contributed by atoms with Gasteiger partial charge in [-0.2, -0.15) is 4.98 Å². The second kappa shape index (κ2) is 11.5. The molecule has 10 nitrogen and oxygen atoms in total. The smallest absolute Gasteiger partial charge is 0.410 e. The summed E-state index contributed by atoms with van der Waals surface area (Å²) in [5, 5.41) is 17.0. The van der Waals surface area contributed by atoms with Gasteiger partial charge in [0.1, 0.15) is 11.7 Å². The van der Waals surface area contributed by atoms with Gasteiger partial charge in [0.15, 0.2) is 12.9 Å². The Balaban J connectivity index is 1.87. The van der Waals surface area contributed by atoms with Gasteiger partial charge >= 0.3 is 12.1 Å². The Morgan fingerprint density at radius 2 is 2.23 bits per heavy atom. The lowest BCUT2D eigenvalue weighted by molar-refractivity contribution is -0.00786. The van der Waals surface area contributed by atoms with E-state index in [4.69, 9.17) is 18.6 Å². The van der Waals surface area contributed by atoms with Gasteiger partial charge in [0, 0.05) is 20.3 Å². The van der Waals surface area contributed by atoms with Crippen molar-refractivity contribution in [2.75, 3.05) is 18.3 Å². The number of ether oxygens (including phenoxy) is 2. The number of anilines is 1. The molecule has 4 atom stereocenters. The lowest BCUT2D eigenvalue weighted by atomic mass is 9.56. The Morgan fingerprint density at radius 1 is 1.49 bits per heavy atom. The summed E-state index contributed by atoms with van der Waals surface area (Å²) < 4.78 is 21.3. The number of rotatable bonds is 9. The van der Waals surface area contributed by atoms with E-state index in [0.29, 0.717) is 30.7 Å². The number of aromatic nitrogens is 4. The maximum Gasteiger partial charge on any atom is 0.410 e. The Kier molecular flexibility index (Phi) is 8.41. The Bertz CT molecular complexity index is 1040. The molecule has 2 N–H and O–H groups in total. The molecule has 3 heterocycles. The first-order valence-corrected chi connectivity index (χ1v) is 12.3. The number of fused-ring (bicyclic) bond motifs is 1. The van der Waals surface area contributed by atoms with Crippen molar-refractivity contribution in [2.45, 2.75) is 91.1 Å². The predicted molar refractivity (Wildman–Crippen MR) is 136 cm³/mol. The lowest BCUT2D eigenvalue weighted by Crippen LogP contribution is -2.47. The molecule has 0 bridgehead atoms. The van der Waals surface area contributed by atoms with Crippen LogP contribution in [-0.4, -0.2) is 81.3 Å². The van der Waals surface area contributed by atoms with Gasteiger partial charge in [-0.15, -0.1) is 5.10 Å². The Hall–Kier alpha value is -2.49. The van der Waals surface area contributed by atoms with Crippen molar-refractivity contribution in [2.24, 2.45) is 5.92 Å². The zero-order chi connectivity index (χ0) is 26.6. The summed E-state index contributed by atoms with van der Waals surface area (Å²) in [6.45, 7) is 12.0. The van der Waals surface area contributed by atoms with Gasteiger partial charge < -0.3 is 24.8 Å². The number of hydrogen-bond donors (Lipinski definition) is 2. The predicted octanol–water partition coefficient (Wildman–Crippen LogP) is 2.92. The molecule has 1 aliphatic heterocycles. The molecule has 2 aromatic rings. The van der Waals surface area contributed by atoms with E-state index in [1.165, 1.54) is 11.7 Å². The Morgan fingerprint density at radius 3 is 2.86 bits per heavy atom. The van der Waals surface area contributed by atoms with Crippen LogP contribution in [0.5, 0.6) is 6.01 Å². The van der Waals surface area contributed by atoms with Crippen LogP contribution in [0.3, 0.4) is 0 Å². The van der Waals surface area contributed by atoms with Crippen molar-refractivity contribution in [3.8, 4) is 6.01 Å². The number of amides is 1. The molecule has 35 heavy (non-hydrogen) atoms. The Labute approximate surface area is 211 Å². The van der Waals surface area contributed by atoms with Crippen molar-refractivity contribution in [3.05, 3.63) is 11.9 Å². The number of carbonyl (C=O) groups is 1. The van der Waals surface area contributed by atoms with E-state index in [-0.39, 0.29) is 42.4 Å². The number of imidazole rings is 1. The van der Waals surface area contributed by atoms with Crippen molar-refractivity contribution in [3.63, 3.8) is 0 Å². The highest BCUT2D eigenvalue weighted by Gasteiger charge is 2.36. The molecule has 2 aromatic heterocycles. The molecular weight excluding hydrogens is 446 g/mol. The average molecular weight is 484 g/mol. The number of nitrogens with zero attached hydrogens (tertiary/aromatic N) is 5. The highest BCUT2D eigenvalue weighted by molar-refractivity contribution is 6.89. The summed E-state index contributed by atoms with van der Waals surface area (Å²) in [6, 6.07) is 0.00233. The normalized spacial score (nSPS) is 20.8. The molecule has 1 aliphatic rings. The molecule has 0 saturated carbocycles. The van der Waals surface area contributed by atoms with Gasteiger partial charge in [-0.3, -0.25) is 0 Å². The molecule has 1 saturated heterocycles. The maximum absolute atomic E-state index is 12.6. The summed E-state index contributed by atoms with van der Waals surface area (Å²) in [6.07, 6.45) is 3.30. The van der Waals surface area contributed by atoms with Crippen LogP contribution in [0.4, 0.5) is 10.6 Å². The lowest BCUT2D eigenvalue weighted by Gasteiger charge is -2.39. The van der Waals surface area contributed by atoms with Crippen LogP contribution in [0.25, 0.3) is 5.65 Å². The zero-order valence-electron chi connectivity index (χ0n) is 22.6. The molecule has 0 aliphatic carbocycles. The van der Waals surface area contributed by atoms with Gasteiger partial charge in [-0.1, -0.05) is 13.3 Å². The third-order valence-electron chi connectivity index (χ3n) is 5.99. The highest BCUT2D eigenvalue weighted by Crippen LogP contribution is 2.35. The van der Waals surface area contributed by atoms with Crippen LogP contribution in [0.1, 0.15) is 79.0 Å². The fraction of sp³-hybridized carbons (Fsp3) is 0.739. The summed E-state index contributed by atoms with van der Waals surface area (Å²) >= 11 is 0. The average Bonchev–Trinajstić information content (AvgIpc) is 3.20. The van der Waals surface area contributed by atoms with E-state index >= 15 is 0 Å². The van der Waals surface area contributed by atoms with Crippen LogP contribution in [0.2, 0.25) is 1.41 Å². The number of hydrogen-bond acceptors (Lipinski definition) is 8. The van der Waals surface area contributed by atoms with Crippen LogP contribution in [0.15, 0.2) is 6.20 Å². The van der Waals surface area contributed by atoms with Gasteiger partial charge in [0.2, 0.25) is 0 Å². The number of aliphatic hydroxyl groups excluding tert-OH is 1. The molecule has 1 amide bonds. The van der Waals surface area contributed by atoms with E-state index in [9.17, 15) is 9.90 Å². The number of aliphatic hydroxyl groups is 1. The third kappa shape index (κ3) is 6.80. The van der Waals surface area contributed by atoms with Crippen LogP contribution in [-0.2, 0) is 4.74 Å². The standard InChI is InChI=1S/C23H37B2N6O4/c1-7-8-15(3)34-21-28-19(27-13-25-24)20-26-12-17(31(20)29-21)18(32)16-9-10-30(14(2)11-16)22(33)35-23(4,5)6/h12,14-16,18,32H,7-11,13H2,1-6H3,(H,27,28,29)/t14?,15-,16?,18?/m0/s1/i/hD. The largest absolute Gasteiger partial charge is 0.459 e. The molecule has 189 valence electrons. The van der Waals surface area contributed by atoms with Gasteiger partial charge in [0.25, 0.3) is 0 Å². The fourth-order valence-electron chi connectivity index (χ4n) is 4.34. The SMILES string of the molecule is [2H]N(C[B][B])c1nc(O[C@@H](C)CCC)nn2c(C(O)C3CCN(C(=O)OC(C)(C)C)C(C)C3)cnc12. The highest BCUT2D eigenvalue weighted by atomic mass is 16.6. The molecule has 1 fully saturated rings. The molecule has 0 aromatic carbocycles. The van der Waals surface area contributed by atoms with Crippen molar-refractivity contribution >= 4 is 32.5 Å². The van der Waals surface area contributed by atoms with Gasteiger partial charge in [-0.05, 0) is 66.2 Å². The van der Waals surface area contributed by atoms with Crippen LogP contribution in [0, 0.1) is 5.92 Å². The topological polar surface area (TPSA) is 114 Å². The van der Waals surface area contributed by atoms with Crippen molar-refractivity contribution in [1.82, 2.24) is 24.5 Å². The summed E-state index contributed by atoms with van der Waals surface area (Å²) in [5.41, 5.74) is 0.244. The first-order valence-electron chi connectivity index (χ1n) is 12.8. The second-order valence-corrected chi connectivity index (χ2v) is 10.2. The van der Waals surface area contributed by atoms with Gasteiger partial charge in [-0.25, -0.2) is 14.3 Å².